The van der Waals surface area contributed by atoms with Gasteiger partial charge < -0.3 is 18.9 Å². The third-order valence-corrected chi connectivity index (χ3v) is 3.18. The molecule has 30 heavy (non-hydrogen) atoms. The SMILES string of the molecule is COC(=O)OCC(F)(F)C(F)(F)C(F)(F)C(F)(F)C(F)(F)C(F)(F)COC(=O)OC. The van der Waals surface area contributed by atoms with Gasteiger partial charge in [0.15, 0.2) is 13.2 Å². The fraction of sp³-hybridized carbons (Fsp3) is 0.833. The quantitative estimate of drug-likeness (QED) is 0.363. The third kappa shape index (κ3) is 4.55. The molecule has 0 saturated heterocycles. The smallest absolute Gasteiger partial charge is 0.438 e. The van der Waals surface area contributed by atoms with Crippen molar-refractivity contribution in [1.29, 1.82) is 0 Å². The van der Waals surface area contributed by atoms with Crippen LogP contribution in [0.4, 0.5) is 62.3 Å². The largest absolute Gasteiger partial charge is 0.508 e. The van der Waals surface area contributed by atoms with E-state index in [4.69, 9.17) is 0 Å². The summed E-state index contributed by atoms with van der Waals surface area (Å²) in [5, 5.41) is 0. The van der Waals surface area contributed by atoms with Crippen LogP contribution in [0, 0.1) is 0 Å². The summed E-state index contributed by atoms with van der Waals surface area (Å²) in [6, 6.07) is 0. The topological polar surface area (TPSA) is 71.1 Å². The lowest BCUT2D eigenvalue weighted by atomic mass is 9.91. The van der Waals surface area contributed by atoms with Gasteiger partial charge in [-0.2, -0.15) is 52.7 Å². The predicted molar refractivity (Wildman–Crippen MR) is 66.4 cm³/mol. The van der Waals surface area contributed by atoms with Crippen LogP contribution in [0.25, 0.3) is 0 Å². The number of carbonyl (C=O) groups is 2. The summed E-state index contributed by atoms with van der Waals surface area (Å²) in [6.07, 6.45) is -4.37. The number of rotatable bonds is 9. The predicted octanol–water partition coefficient (Wildman–Crippen LogP) is 4.36. The van der Waals surface area contributed by atoms with E-state index in [1.165, 1.54) is 0 Å². The number of hydrogen-bond acceptors (Lipinski definition) is 6. The van der Waals surface area contributed by atoms with Crippen LogP contribution >= 0.6 is 0 Å². The van der Waals surface area contributed by atoms with E-state index in [-0.39, 0.29) is 0 Å². The molecule has 18 heteroatoms. The Bertz CT molecular complexity index is 581. The van der Waals surface area contributed by atoms with E-state index in [1.54, 1.807) is 0 Å². The Morgan fingerprint density at radius 2 is 0.767 bits per heavy atom. The molecule has 0 aromatic heterocycles. The molecule has 0 atom stereocenters. The van der Waals surface area contributed by atoms with Crippen molar-refractivity contribution >= 4 is 12.3 Å². The Balaban J connectivity index is 6.06. The Morgan fingerprint density at radius 1 is 0.533 bits per heavy atom. The molecular weight excluding hydrogens is 468 g/mol. The van der Waals surface area contributed by atoms with Crippen molar-refractivity contribution in [3.63, 3.8) is 0 Å². The molecule has 178 valence electrons. The zero-order chi connectivity index (χ0) is 24.4. The van der Waals surface area contributed by atoms with Gasteiger partial charge in [0.1, 0.15) is 0 Å². The molecule has 0 amide bonds. The molecule has 6 nitrogen and oxygen atoms in total. The van der Waals surface area contributed by atoms with Crippen molar-refractivity contribution in [3.8, 4) is 0 Å². The minimum absolute atomic E-state index is 0.431. The summed E-state index contributed by atoms with van der Waals surface area (Å²) in [6.45, 7) is -6.16. The van der Waals surface area contributed by atoms with Crippen LogP contribution < -0.4 is 0 Å². The van der Waals surface area contributed by atoms with Gasteiger partial charge in [-0.1, -0.05) is 0 Å². The average molecular weight is 478 g/mol. The van der Waals surface area contributed by atoms with Crippen molar-refractivity contribution in [1.82, 2.24) is 0 Å². The lowest BCUT2D eigenvalue weighted by molar-refractivity contribution is -0.428. The van der Waals surface area contributed by atoms with Crippen LogP contribution in [0.1, 0.15) is 0 Å². The van der Waals surface area contributed by atoms with Crippen molar-refractivity contribution in [2.75, 3.05) is 27.4 Å². The highest BCUT2D eigenvalue weighted by atomic mass is 19.4. The second-order valence-electron chi connectivity index (χ2n) is 5.19. The van der Waals surface area contributed by atoms with Crippen LogP contribution in [0.3, 0.4) is 0 Å². The maximum absolute atomic E-state index is 13.5. The Hall–Kier alpha value is -2.30. The summed E-state index contributed by atoms with van der Waals surface area (Å²) < 4.78 is 174. The second kappa shape index (κ2) is 8.44. The summed E-state index contributed by atoms with van der Waals surface area (Å²) in [5.74, 6) is -43.6. The van der Waals surface area contributed by atoms with Gasteiger partial charge in [0, 0.05) is 0 Å². The van der Waals surface area contributed by atoms with Crippen molar-refractivity contribution in [3.05, 3.63) is 0 Å². The standard InChI is InChI=1S/C12H10F12O6/c1-27-5(25)29-3-7(13,14)9(17,18)11(21,22)12(23,24)10(19,20)8(15,16)4-30-6(26)28-2/h3-4H2,1-2H3. The van der Waals surface area contributed by atoms with E-state index in [2.05, 4.69) is 18.9 Å². The van der Waals surface area contributed by atoms with Crippen molar-refractivity contribution < 1.29 is 81.2 Å². The lowest BCUT2D eigenvalue weighted by Gasteiger charge is -2.40. The highest BCUT2D eigenvalue weighted by molar-refractivity contribution is 5.59. The highest BCUT2D eigenvalue weighted by Crippen LogP contribution is 2.60. The lowest BCUT2D eigenvalue weighted by Crippen LogP contribution is -2.71. The first kappa shape index (κ1) is 27.7. The van der Waals surface area contributed by atoms with Crippen LogP contribution in [-0.4, -0.2) is 75.3 Å². The molecule has 0 N–H and O–H groups in total. The molecule has 0 heterocycles. The zero-order valence-electron chi connectivity index (χ0n) is 14.4. The van der Waals surface area contributed by atoms with E-state index in [1.807, 2.05) is 0 Å². The molecular formula is C12H10F12O6. The fourth-order valence-electron chi connectivity index (χ4n) is 1.45. The summed E-state index contributed by atoms with van der Waals surface area (Å²) >= 11 is 0. The monoisotopic (exact) mass is 478 g/mol. The molecule has 0 aliphatic rings. The van der Waals surface area contributed by atoms with E-state index in [0.717, 1.165) is 0 Å². The number of hydrogen-bond donors (Lipinski definition) is 0. The molecule has 0 spiro atoms. The second-order valence-corrected chi connectivity index (χ2v) is 5.19. The van der Waals surface area contributed by atoms with Crippen LogP contribution in [0.2, 0.25) is 0 Å². The third-order valence-electron chi connectivity index (χ3n) is 3.18. The van der Waals surface area contributed by atoms with Gasteiger partial charge >= 0.3 is 47.8 Å². The molecule has 0 rings (SSSR count). The molecule has 0 unspecified atom stereocenters. The van der Waals surface area contributed by atoms with Gasteiger partial charge in [0.2, 0.25) is 0 Å². The molecule has 0 bridgehead atoms. The molecule has 0 aliphatic carbocycles. The van der Waals surface area contributed by atoms with E-state index in [0.29, 0.717) is 14.2 Å². The molecule has 0 saturated carbocycles. The van der Waals surface area contributed by atoms with E-state index >= 15 is 0 Å². The minimum Gasteiger partial charge on any atom is -0.438 e. The highest BCUT2D eigenvalue weighted by Gasteiger charge is 2.90. The van der Waals surface area contributed by atoms with Crippen LogP contribution in [-0.2, 0) is 18.9 Å². The van der Waals surface area contributed by atoms with Crippen LogP contribution in [0.15, 0.2) is 0 Å². The summed E-state index contributed by atoms with van der Waals surface area (Å²) in [7, 11) is 0.862. The number of halogens is 12. The zero-order valence-corrected chi connectivity index (χ0v) is 14.4. The first-order chi connectivity index (χ1) is 13.2. The van der Waals surface area contributed by atoms with Gasteiger partial charge in [-0.15, -0.1) is 0 Å². The maximum Gasteiger partial charge on any atom is 0.508 e. The van der Waals surface area contributed by atoms with Crippen LogP contribution in [0.5, 0.6) is 0 Å². The van der Waals surface area contributed by atoms with E-state index in [9.17, 15) is 62.3 Å². The van der Waals surface area contributed by atoms with Gasteiger partial charge in [-0.05, 0) is 0 Å². The average Bonchev–Trinajstić information content (AvgIpc) is 2.63. The molecule has 0 aromatic rings. The minimum atomic E-state index is -7.86. The van der Waals surface area contributed by atoms with E-state index < -0.39 is 61.1 Å². The number of alkyl halides is 12. The molecule has 0 radical (unpaired) electrons. The van der Waals surface area contributed by atoms with Gasteiger partial charge in [-0.3, -0.25) is 0 Å². The number of carbonyl (C=O) groups excluding carboxylic acids is 2. The first-order valence-electron chi connectivity index (χ1n) is 6.84. The maximum atomic E-state index is 13.5. The van der Waals surface area contributed by atoms with Crippen molar-refractivity contribution in [2.45, 2.75) is 35.5 Å². The van der Waals surface area contributed by atoms with Gasteiger partial charge in [-0.25, -0.2) is 9.59 Å². The first-order valence-corrected chi connectivity index (χ1v) is 6.84. The summed E-state index contributed by atoms with van der Waals surface area (Å²) in [5.41, 5.74) is 0. The molecule has 0 fully saturated rings. The molecule has 0 aliphatic heterocycles. The van der Waals surface area contributed by atoms with Crippen molar-refractivity contribution in [2.24, 2.45) is 0 Å². The summed E-state index contributed by atoms with van der Waals surface area (Å²) in [4.78, 5) is 20.9. The Labute approximate surface area is 158 Å². The Kier molecular flexibility index (Phi) is 7.80. The fourth-order valence-corrected chi connectivity index (χ4v) is 1.45. The number of methoxy groups -OCH3 is 2. The Morgan fingerprint density at radius 3 is 0.967 bits per heavy atom. The molecule has 0 aromatic carbocycles. The van der Waals surface area contributed by atoms with Gasteiger partial charge in [0.25, 0.3) is 0 Å². The van der Waals surface area contributed by atoms with Gasteiger partial charge in [0.05, 0.1) is 14.2 Å². The normalized spacial score (nSPS) is 14.2. The number of ether oxygens (including phenoxy) is 4.